The molecule has 4 rings (SSSR count). The van der Waals surface area contributed by atoms with Crippen LogP contribution in [-0.4, -0.2) is 17.8 Å². The maximum atomic E-state index is 12.8. The summed E-state index contributed by atoms with van der Waals surface area (Å²) in [6, 6.07) is 18.0. The van der Waals surface area contributed by atoms with Crippen LogP contribution in [0.3, 0.4) is 0 Å². The highest BCUT2D eigenvalue weighted by Crippen LogP contribution is 2.31. The summed E-state index contributed by atoms with van der Waals surface area (Å²) in [7, 11) is 0. The van der Waals surface area contributed by atoms with E-state index in [-0.39, 0.29) is 10.7 Å². The van der Waals surface area contributed by atoms with Gasteiger partial charge in [0.2, 0.25) is 0 Å². The summed E-state index contributed by atoms with van der Waals surface area (Å²) in [5, 5.41) is 3.12. The number of nitrogens with zero attached hydrogens (tertiary/aromatic N) is 1. The van der Waals surface area contributed by atoms with Gasteiger partial charge in [0, 0.05) is 10.7 Å². The van der Waals surface area contributed by atoms with Gasteiger partial charge in [0.1, 0.15) is 16.5 Å². The van der Waals surface area contributed by atoms with Crippen molar-refractivity contribution in [2.75, 3.05) is 10.2 Å². The molecule has 0 atom stereocenters. The molecule has 6 nitrogen and oxygen atoms in total. The third-order valence-electron chi connectivity index (χ3n) is 5.19. The lowest BCUT2D eigenvalue weighted by Crippen LogP contribution is -2.32. The average Bonchev–Trinajstić information content (AvgIpc) is 3.00. The Labute approximate surface area is 200 Å². The van der Waals surface area contributed by atoms with Crippen LogP contribution >= 0.6 is 23.2 Å². The van der Waals surface area contributed by atoms with E-state index in [2.05, 4.69) is 5.32 Å². The van der Waals surface area contributed by atoms with Crippen molar-refractivity contribution >= 4 is 52.4 Å². The van der Waals surface area contributed by atoms with Gasteiger partial charge in [-0.2, -0.15) is 0 Å². The maximum absolute atomic E-state index is 12.8. The van der Waals surface area contributed by atoms with Crippen molar-refractivity contribution in [1.29, 1.82) is 0 Å². The molecule has 1 N–H and O–H groups in total. The number of carbonyl (C=O) groups is 3. The van der Waals surface area contributed by atoms with E-state index in [0.717, 1.165) is 16.0 Å². The van der Waals surface area contributed by atoms with Crippen molar-refractivity contribution in [1.82, 2.24) is 0 Å². The molecule has 3 aromatic carbocycles. The van der Waals surface area contributed by atoms with Gasteiger partial charge in [-0.05, 0) is 85.6 Å². The molecule has 1 aliphatic heterocycles. The number of nitrogens with one attached hydrogen (secondary N) is 1. The fraction of sp³-hybridized carbons (Fsp3) is 0.0800. The smallest absolute Gasteiger partial charge is 0.343 e. The Morgan fingerprint density at radius 1 is 0.848 bits per heavy atom. The monoisotopic (exact) mass is 480 g/mol. The Bertz CT molecular complexity index is 1300. The molecule has 0 radical (unpaired) electrons. The van der Waals surface area contributed by atoms with Gasteiger partial charge in [0.05, 0.1) is 11.3 Å². The van der Waals surface area contributed by atoms with Crippen LogP contribution in [0.2, 0.25) is 5.02 Å². The standard InChI is InChI=1S/C25H18Cl2N2O4/c1-14-3-12-20(13-15(14)2)33-25(32)16-4-8-18(9-5-16)28-22-21(27)23(30)29(24(22)31)19-10-6-17(26)7-11-19/h3-13,28H,1-2H3. The predicted molar refractivity (Wildman–Crippen MR) is 128 cm³/mol. The van der Waals surface area contributed by atoms with E-state index >= 15 is 0 Å². The fourth-order valence-corrected chi connectivity index (χ4v) is 3.55. The van der Waals surface area contributed by atoms with Gasteiger partial charge in [0.25, 0.3) is 11.8 Å². The number of aryl methyl sites for hydroxylation is 2. The second kappa shape index (κ2) is 9.10. The maximum Gasteiger partial charge on any atom is 0.343 e. The van der Waals surface area contributed by atoms with Gasteiger partial charge in [-0.1, -0.05) is 29.3 Å². The topological polar surface area (TPSA) is 75.7 Å². The number of halogens is 2. The Balaban J connectivity index is 1.47. The number of benzene rings is 3. The quantitative estimate of drug-likeness (QED) is 0.291. The molecule has 166 valence electrons. The molecule has 0 spiro atoms. The molecule has 0 unspecified atom stereocenters. The lowest BCUT2D eigenvalue weighted by Gasteiger charge is -2.15. The van der Waals surface area contributed by atoms with Gasteiger partial charge < -0.3 is 10.1 Å². The largest absolute Gasteiger partial charge is 0.423 e. The van der Waals surface area contributed by atoms with E-state index in [0.29, 0.717) is 27.7 Å². The highest BCUT2D eigenvalue weighted by atomic mass is 35.5. The first-order valence-electron chi connectivity index (χ1n) is 9.95. The number of rotatable bonds is 5. The summed E-state index contributed by atoms with van der Waals surface area (Å²) in [6.45, 7) is 3.92. The lowest BCUT2D eigenvalue weighted by atomic mass is 10.1. The SMILES string of the molecule is Cc1ccc(OC(=O)c2ccc(NC3=C(Cl)C(=O)N(c4ccc(Cl)cc4)C3=O)cc2)cc1C. The summed E-state index contributed by atoms with van der Waals surface area (Å²) < 4.78 is 5.42. The van der Waals surface area contributed by atoms with E-state index in [1.807, 2.05) is 19.9 Å². The zero-order chi connectivity index (χ0) is 23.7. The number of hydrogen-bond donors (Lipinski definition) is 1. The molecule has 0 aliphatic carbocycles. The Hall–Kier alpha value is -3.61. The molecule has 0 saturated heterocycles. The van der Waals surface area contributed by atoms with Gasteiger partial charge in [-0.3, -0.25) is 9.59 Å². The third-order valence-corrected chi connectivity index (χ3v) is 5.79. The van der Waals surface area contributed by atoms with E-state index in [4.69, 9.17) is 27.9 Å². The second-order valence-corrected chi connectivity index (χ2v) is 8.26. The molecular weight excluding hydrogens is 463 g/mol. The van der Waals surface area contributed by atoms with Gasteiger partial charge in [-0.25, -0.2) is 9.69 Å². The Morgan fingerprint density at radius 2 is 1.52 bits per heavy atom. The molecular formula is C25H18Cl2N2O4. The van der Waals surface area contributed by atoms with Crippen LogP contribution in [0.25, 0.3) is 0 Å². The lowest BCUT2D eigenvalue weighted by molar-refractivity contribution is -0.120. The minimum absolute atomic E-state index is 0.0536. The van der Waals surface area contributed by atoms with Crippen LogP contribution in [0.4, 0.5) is 11.4 Å². The zero-order valence-electron chi connectivity index (χ0n) is 17.7. The number of esters is 1. The predicted octanol–water partition coefficient (Wildman–Crippen LogP) is 5.61. The van der Waals surface area contributed by atoms with E-state index in [9.17, 15) is 14.4 Å². The number of amides is 2. The molecule has 8 heteroatoms. The zero-order valence-corrected chi connectivity index (χ0v) is 19.2. The second-order valence-electron chi connectivity index (χ2n) is 7.45. The van der Waals surface area contributed by atoms with Gasteiger partial charge in [-0.15, -0.1) is 0 Å². The van der Waals surface area contributed by atoms with Crippen LogP contribution in [-0.2, 0) is 9.59 Å². The Morgan fingerprint density at radius 3 is 2.15 bits per heavy atom. The number of imide groups is 1. The van der Waals surface area contributed by atoms with E-state index in [1.54, 1.807) is 60.7 Å². The average molecular weight is 481 g/mol. The van der Waals surface area contributed by atoms with Crippen LogP contribution in [0.15, 0.2) is 77.5 Å². The molecule has 0 aromatic heterocycles. The molecule has 0 fully saturated rings. The van der Waals surface area contributed by atoms with Crippen molar-refractivity contribution in [3.8, 4) is 5.75 Å². The molecule has 1 aliphatic rings. The first kappa shape index (κ1) is 22.6. The molecule has 2 amide bonds. The number of carbonyl (C=O) groups excluding carboxylic acids is 3. The van der Waals surface area contributed by atoms with Gasteiger partial charge in [0.15, 0.2) is 0 Å². The minimum Gasteiger partial charge on any atom is -0.423 e. The minimum atomic E-state index is -0.639. The Kier molecular flexibility index (Phi) is 6.22. The first-order chi connectivity index (χ1) is 15.7. The normalized spacial score (nSPS) is 13.5. The first-order valence-corrected chi connectivity index (χ1v) is 10.7. The van der Waals surface area contributed by atoms with Gasteiger partial charge >= 0.3 is 5.97 Å². The molecule has 0 saturated carbocycles. The molecule has 1 heterocycles. The van der Waals surface area contributed by atoms with Crippen molar-refractivity contribution < 1.29 is 19.1 Å². The van der Waals surface area contributed by atoms with Crippen molar-refractivity contribution in [2.24, 2.45) is 0 Å². The van der Waals surface area contributed by atoms with Crippen LogP contribution < -0.4 is 15.0 Å². The van der Waals surface area contributed by atoms with Crippen LogP contribution in [0, 0.1) is 13.8 Å². The van der Waals surface area contributed by atoms with Crippen LogP contribution in [0.1, 0.15) is 21.5 Å². The number of hydrogen-bond acceptors (Lipinski definition) is 5. The van der Waals surface area contributed by atoms with E-state index < -0.39 is 17.8 Å². The number of anilines is 2. The molecule has 33 heavy (non-hydrogen) atoms. The van der Waals surface area contributed by atoms with Crippen molar-refractivity contribution in [2.45, 2.75) is 13.8 Å². The summed E-state index contributed by atoms with van der Waals surface area (Å²) >= 11 is 12.0. The fourth-order valence-electron chi connectivity index (χ4n) is 3.21. The van der Waals surface area contributed by atoms with Crippen molar-refractivity contribution in [3.63, 3.8) is 0 Å². The number of ether oxygens (including phenoxy) is 1. The van der Waals surface area contributed by atoms with Crippen LogP contribution in [0.5, 0.6) is 5.75 Å². The summed E-state index contributed by atoms with van der Waals surface area (Å²) in [5.41, 5.74) is 3.23. The summed E-state index contributed by atoms with van der Waals surface area (Å²) in [6.07, 6.45) is 0. The van der Waals surface area contributed by atoms with Crippen molar-refractivity contribution in [3.05, 3.63) is 99.2 Å². The van der Waals surface area contributed by atoms with E-state index in [1.165, 1.54) is 0 Å². The highest BCUT2D eigenvalue weighted by Gasteiger charge is 2.38. The highest BCUT2D eigenvalue weighted by molar-refractivity contribution is 6.53. The third kappa shape index (κ3) is 4.62. The molecule has 0 bridgehead atoms. The molecule has 3 aromatic rings. The summed E-state index contributed by atoms with van der Waals surface area (Å²) in [5.74, 6) is -1.28. The summed E-state index contributed by atoms with van der Waals surface area (Å²) in [4.78, 5) is 38.8.